The molecule has 0 aliphatic heterocycles. The molecule has 2 aromatic carbocycles. The van der Waals surface area contributed by atoms with E-state index in [-0.39, 0.29) is 27.9 Å². The molecule has 0 aliphatic rings. The van der Waals surface area contributed by atoms with E-state index < -0.39 is 21.4 Å². The summed E-state index contributed by atoms with van der Waals surface area (Å²) in [4.78, 5) is 23.9. The molecule has 31 heavy (non-hydrogen) atoms. The maximum Gasteiger partial charge on any atom is 0.272 e. The van der Waals surface area contributed by atoms with Crippen LogP contribution < -0.4 is 16.0 Å². The molecule has 0 fully saturated rings. The molecule has 5 aromatic rings. The molecule has 12 heteroatoms. The topological polar surface area (TPSA) is 160 Å². The zero-order valence-electron chi connectivity index (χ0n) is 15.9. The van der Waals surface area contributed by atoms with Gasteiger partial charge in [-0.15, -0.1) is 0 Å². The molecular formula is C19H14FN7O3S. The molecule has 0 saturated carbocycles. The number of fused-ring (bicyclic) bond motifs is 4. The second-order valence-corrected chi connectivity index (χ2v) is 8.72. The summed E-state index contributed by atoms with van der Waals surface area (Å²) in [5, 5.41) is 7.30. The SMILES string of the molecule is CS(=O)(=O)Nc1cc2c(-c3ccc(F)c4[nH]ncc34)c(N)c(=O)[nH]c2c2nccnc12. The van der Waals surface area contributed by atoms with E-state index in [9.17, 15) is 17.6 Å². The van der Waals surface area contributed by atoms with Crippen LogP contribution in [0.25, 0.3) is 44.0 Å². The Morgan fingerprint density at radius 3 is 2.58 bits per heavy atom. The van der Waals surface area contributed by atoms with Crippen LogP contribution >= 0.6 is 0 Å². The maximum absolute atomic E-state index is 14.2. The third kappa shape index (κ3) is 2.95. The minimum atomic E-state index is -3.65. The smallest absolute Gasteiger partial charge is 0.272 e. The van der Waals surface area contributed by atoms with Gasteiger partial charge in [-0.2, -0.15) is 5.10 Å². The highest BCUT2D eigenvalue weighted by atomic mass is 32.2. The van der Waals surface area contributed by atoms with Gasteiger partial charge in [-0.3, -0.25) is 24.6 Å². The Balaban J connectivity index is 2.00. The molecule has 0 bridgehead atoms. The molecule has 156 valence electrons. The van der Waals surface area contributed by atoms with Crippen LogP contribution in [-0.4, -0.2) is 39.8 Å². The van der Waals surface area contributed by atoms with Crippen LogP contribution in [0.4, 0.5) is 15.8 Å². The molecule has 3 aromatic heterocycles. The number of aromatic amines is 2. The lowest BCUT2D eigenvalue weighted by Crippen LogP contribution is -2.15. The molecule has 0 amide bonds. The number of anilines is 2. The Labute approximate surface area is 173 Å². The van der Waals surface area contributed by atoms with Gasteiger partial charge in [0.25, 0.3) is 5.56 Å². The first-order valence-electron chi connectivity index (χ1n) is 8.93. The molecule has 0 saturated heterocycles. The first kappa shape index (κ1) is 18.9. The second-order valence-electron chi connectivity index (χ2n) is 6.97. The van der Waals surface area contributed by atoms with Crippen molar-refractivity contribution in [2.75, 3.05) is 16.7 Å². The Bertz CT molecular complexity index is 1690. The van der Waals surface area contributed by atoms with E-state index >= 15 is 0 Å². The highest BCUT2D eigenvalue weighted by molar-refractivity contribution is 7.92. The van der Waals surface area contributed by atoms with Gasteiger partial charge in [0.1, 0.15) is 28.1 Å². The second kappa shape index (κ2) is 6.47. The Kier molecular flexibility index (Phi) is 3.95. The minimum Gasteiger partial charge on any atom is -0.394 e. The van der Waals surface area contributed by atoms with Crippen LogP contribution in [-0.2, 0) is 10.0 Å². The molecule has 0 spiro atoms. The summed E-state index contributed by atoms with van der Waals surface area (Å²) >= 11 is 0. The predicted octanol–water partition coefficient (Wildman–Crippen LogP) is 2.11. The number of sulfonamides is 1. The molecule has 5 N–H and O–H groups in total. The van der Waals surface area contributed by atoms with Gasteiger partial charge in [-0.25, -0.2) is 12.8 Å². The van der Waals surface area contributed by atoms with Gasteiger partial charge in [0.05, 0.1) is 23.7 Å². The third-order valence-corrected chi connectivity index (χ3v) is 5.49. The normalized spacial score (nSPS) is 12.1. The number of nitrogen functional groups attached to an aromatic ring is 1. The van der Waals surface area contributed by atoms with Gasteiger partial charge in [-0.05, 0) is 17.7 Å². The number of aromatic nitrogens is 5. The number of nitrogens with zero attached hydrogens (tertiary/aromatic N) is 3. The molecule has 3 heterocycles. The van der Waals surface area contributed by atoms with E-state index in [1.54, 1.807) is 0 Å². The summed E-state index contributed by atoms with van der Waals surface area (Å²) in [6.07, 6.45) is 5.27. The van der Waals surface area contributed by atoms with Gasteiger partial charge >= 0.3 is 0 Å². The molecular weight excluding hydrogens is 425 g/mol. The number of nitrogens with two attached hydrogens (primary N) is 1. The van der Waals surface area contributed by atoms with Crippen LogP contribution in [0, 0.1) is 5.82 Å². The lowest BCUT2D eigenvalue weighted by atomic mass is 9.96. The molecule has 5 rings (SSSR count). The summed E-state index contributed by atoms with van der Waals surface area (Å²) in [5.41, 5.74) is 7.38. The number of hydrogen-bond acceptors (Lipinski definition) is 7. The standard InChI is InChI=1S/C19H14FN7O3S/c1-31(29,30)27-12-6-9-13(8-2-3-11(20)15-10(8)7-24-26-15)14(21)19(28)25-16(9)18-17(12)22-4-5-23-18/h2-7,27H,21H2,1H3,(H,24,26)(H,25,28). The Hall–Kier alpha value is -4.06. The van der Waals surface area contributed by atoms with E-state index in [1.165, 1.54) is 36.8 Å². The van der Waals surface area contributed by atoms with Crippen molar-refractivity contribution in [1.29, 1.82) is 0 Å². The third-order valence-electron chi connectivity index (χ3n) is 4.90. The Morgan fingerprint density at radius 2 is 1.84 bits per heavy atom. The first-order valence-corrected chi connectivity index (χ1v) is 10.8. The predicted molar refractivity (Wildman–Crippen MR) is 116 cm³/mol. The number of benzene rings is 2. The average molecular weight is 439 g/mol. The Morgan fingerprint density at radius 1 is 1.10 bits per heavy atom. The van der Waals surface area contributed by atoms with Gasteiger partial charge in [0, 0.05) is 28.7 Å². The monoisotopic (exact) mass is 439 g/mol. The fourth-order valence-electron chi connectivity index (χ4n) is 3.68. The number of halogens is 1. The molecule has 10 nitrogen and oxygen atoms in total. The highest BCUT2D eigenvalue weighted by Gasteiger charge is 2.21. The van der Waals surface area contributed by atoms with E-state index in [0.29, 0.717) is 27.4 Å². The van der Waals surface area contributed by atoms with Crippen LogP contribution in [0.15, 0.2) is 41.6 Å². The van der Waals surface area contributed by atoms with E-state index in [0.717, 1.165) is 6.26 Å². The van der Waals surface area contributed by atoms with E-state index in [1.807, 2.05) is 0 Å². The number of nitrogens with one attached hydrogen (secondary N) is 3. The number of H-pyrrole nitrogens is 2. The maximum atomic E-state index is 14.2. The summed E-state index contributed by atoms with van der Waals surface area (Å²) < 4.78 is 40.5. The highest BCUT2D eigenvalue weighted by Crippen LogP contribution is 2.39. The van der Waals surface area contributed by atoms with Gasteiger partial charge in [-0.1, -0.05) is 6.07 Å². The first-order chi connectivity index (χ1) is 14.7. The van der Waals surface area contributed by atoms with Gasteiger partial charge in [0.15, 0.2) is 0 Å². The molecule has 0 radical (unpaired) electrons. The number of pyridine rings is 1. The number of hydrogen-bond donors (Lipinski definition) is 4. The largest absolute Gasteiger partial charge is 0.394 e. The summed E-state index contributed by atoms with van der Waals surface area (Å²) in [6, 6.07) is 4.24. The molecule has 0 unspecified atom stereocenters. The number of rotatable bonds is 3. The van der Waals surface area contributed by atoms with Crippen molar-refractivity contribution in [2.24, 2.45) is 0 Å². The molecule has 0 aliphatic carbocycles. The van der Waals surface area contributed by atoms with Crippen molar-refractivity contribution in [3.63, 3.8) is 0 Å². The van der Waals surface area contributed by atoms with Crippen molar-refractivity contribution in [1.82, 2.24) is 25.1 Å². The zero-order chi connectivity index (χ0) is 21.9. The van der Waals surface area contributed by atoms with Crippen molar-refractivity contribution in [3.05, 3.63) is 53.0 Å². The average Bonchev–Trinajstić information content (AvgIpc) is 3.21. The van der Waals surface area contributed by atoms with Crippen molar-refractivity contribution in [3.8, 4) is 11.1 Å². The van der Waals surface area contributed by atoms with E-state index in [4.69, 9.17) is 5.73 Å². The lowest BCUT2D eigenvalue weighted by Gasteiger charge is -2.15. The van der Waals surface area contributed by atoms with Crippen molar-refractivity contribution in [2.45, 2.75) is 0 Å². The zero-order valence-corrected chi connectivity index (χ0v) is 16.7. The fraction of sp³-hybridized carbons (Fsp3) is 0.0526. The molecule has 0 atom stereocenters. The summed E-state index contributed by atoms with van der Waals surface area (Å²) in [5.74, 6) is -0.514. The van der Waals surface area contributed by atoms with Crippen LogP contribution in [0.1, 0.15) is 0 Å². The minimum absolute atomic E-state index is 0.116. The van der Waals surface area contributed by atoms with Gasteiger partial charge in [0.2, 0.25) is 10.0 Å². The van der Waals surface area contributed by atoms with E-state index in [2.05, 4.69) is 29.9 Å². The summed E-state index contributed by atoms with van der Waals surface area (Å²) in [7, 11) is -3.65. The summed E-state index contributed by atoms with van der Waals surface area (Å²) in [6.45, 7) is 0. The van der Waals surface area contributed by atoms with Crippen molar-refractivity contribution < 1.29 is 12.8 Å². The fourth-order valence-corrected chi connectivity index (χ4v) is 4.24. The van der Waals surface area contributed by atoms with Crippen molar-refractivity contribution >= 4 is 54.2 Å². The van der Waals surface area contributed by atoms with Crippen LogP contribution in [0.2, 0.25) is 0 Å². The quantitative estimate of drug-likeness (QED) is 0.313. The van der Waals surface area contributed by atoms with Crippen LogP contribution in [0.3, 0.4) is 0 Å². The lowest BCUT2D eigenvalue weighted by molar-refractivity contribution is 0.607. The van der Waals surface area contributed by atoms with Crippen LogP contribution in [0.5, 0.6) is 0 Å². The van der Waals surface area contributed by atoms with Gasteiger partial charge < -0.3 is 10.7 Å².